The number of hydrogen-bond donors (Lipinski definition) is 2. The van der Waals surface area contributed by atoms with Gasteiger partial charge in [0.05, 0.1) is 7.11 Å². The standard InChI is InChI=1S/C17H16N4O3/c1-23-16-8-9-18-17(19-16)21-20-15(22)11-24-14-7-6-12-4-2-3-5-13(12)10-14/h2-10H,11H2,1H3,(H,20,22)(H,18,19,21). The predicted molar refractivity (Wildman–Crippen MR) is 89.8 cm³/mol. The second-order valence-electron chi connectivity index (χ2n) is 4.89. The molecule has 7 heteroatoms. The van der Waals surface area contributed by atoms with Crippen LogP contribution >= 0.6 is 0 Å². The summed E-state index contributed by atoms with van der Waals surface area (Å²) in [6.45, 7) is -0.130. The van der Waals surface area contributed by atoms with E-state index in [1.54, 1.807) is 6.07 Å². The first-order valence-electron chi connectivity index (χ1n) is 7.28. The zero-order chi connectivity index (χ0) is 16.8. The maximum absolute atomic E-state index is 11.8. The molecule has 0 atom stereocenters. The molecule has 2 aromatic carbocycles. The highest BCUT2D eigenvalue weighted by Crippen LogP contribution is 2.20. The summed E-state index contributed by atoms with van der Waals surface area (Å²) in [6.07, 6.45) is 1.52. The number of benzene rings is 2. The Labute approximate surface area is 138 Å². The molecule has 24 heavy (non-hydrogen) atoms. The molecule has 0 aliphatic rings. The van der Waals surface area contributed by atoms with Crippen LogP contribution in [0.4, 0.5) is 5.95 Å². The first-order chi connectivity index (χ1) is 11.7. The molecule has 0 fully saturated rings. The number of anilines is 1. The summed E-state index contributed by atoms with van der Waals surface area (Å²) in [7, 11) is 1.50. The molecule has 3 aromatic rings. The van der Waals surface area contributed by atoms with E-state index in [4.69, 9.17) is 9.47 Å². The number of carbonyl (C=O) groups excluding carboxylic acids is 1. The number of amides is 1. The topological polar surface area (TPSA) is 85.4 Å². The number of nitrogens with one attached hydrogen (secondary N) is 2. The van der Waals surface area contributed by atoms with Crippen LogP contribution in [0.5, 0.6) is 11.6 Å². The van der Waals surface area contributed by atoms with Gasteiger partial charge in [-0.05, 0) is 22.9 Å². The number of nitrogens with zero attached hydrogens (tertiary/aromatic N) is 2. The van der Waals surface area contributed by atoms with Crippen LogP contribution in [0.15, 0.2) is 54.7 Å². The summed E-state index contributed by atoms with van der Waals surface area (Å²) in [5.41, 5.74) is 5.07. The predicted octanol–water partition coefficient (Wildman–Crippen LogP) is 2.16. The number of carbonyl (C=O) groups is 1. The van der Waals surface area contributed by atoms with Crippen LogP contribution in [0.3, 0.4) is 0 Å². The summed E-state index contributed by atoms with van der Waals surface area (Å²) < 4.78 is 10.5. The van der Waals surface area contributed by atoms with Crippen molar-refractivity contribution in [1.29, 1.82) is 0 Å². The summed E-state index contributed by atoms with van der Waals surface area (Å²) >= 11 is 0. The zero-order valence-corrected chi connectivity index (χ0v) is 13.0. The second-order valence-corrected chi connectivity index (χ2v) is 4.89. The van der Waals surface area contributed by atoms with Gasteiger partial charge in [0.15, 0.2) is 6.61 Å². The lowest BCUT2D eigenvalue weighted by molar-refractivity contribution is -0.122. The Morgan fingerprint density at radius 1 is 1.12 bits per heavy atom. The van der Waals surface area contributed by atoms with Gasteiger partial charge in [-0.3, -0.25) is 15.6 Å². The SMILES string of the molecule is COc1ccnc(NNC(=O)COc2ccc3ccccc3c2)n1. The fourth-order valence-electron chi connectivity index (χ4n) is 2.08. The highest BCUT2D eigenvalue weighted by molar-refractivity contribution is 5.84. The highest BCUT2D eigenvalue weighted by atomic mass is 16.5. The van der Waals surface area contributed by atoms with E-state index in [0.717, 1.165) is 10.8 Å². The Balaban J connectivity index is 1.52. The molecule has 0 radical (unpaired) electrons. The monoisotopic (exact) mass is 324 g/mol. The van der Waals surface area contributed by atoms with E-state index in [0.29, 0.717) is 11.6 Å². The molecular formula is C17H16N4O3. The van der Waals surface area contributed by atoms with Gasteiger partial charge in [0.1, 0.15) is 5.75 Å². The Morgan fingerprint density at radius 2 is 1.96 bits per heavy atom. The number of hydrazine groups is 1. The lowest BCUT2D eigenvalue weighted by Gasteiger charge is -2.09. The van der Waals surface area contributed by atoms with E-state index < -0.39 is 0 Å². The first-order valence-corrected chi connectivity index (χ1v) is 7.28. The Hall–Kier alpha value is -3.35. The molecule has 0 unspecified atom stereocenters. The molecule has 0 aliphatic heterocycles. The van der Waals surface area contributed by atoms with Crippen molar-refractivity contribution >= 4 is 22.6 Å². The molecule has 1 aromatic heterocycles. The summed E-state index contributed by atoms with van der Waals surface area (Å²) in [5.74, 6) is 0.902. The average Bonchev–Trinajstić information content (AvgIpc) is 2.64. The van der Waals surface area contributed by atoms with Gasteiger partial charge in [-0.15, -0.1) is 0 Å². The van der Waals surface area contributed by atoms with E-state index in [1.165, 1.54) is 13.3 Å². The van der Waals surface area contributed by atoms with Gasteiger partial charge < -0.3 is 9.47 Å². The molecule has 0 bridgehead atoms. The third-order valence-corrected chi connectivity index (χ3v) is 3.24. The van der Waals surface area contributed by atoms with Gasteiger partial charge >= 0.3 is 0 Å². The van der Waals surface area contributed by atoms with Gasteiger partial charge in [0.2, 0.25) is 11.8 Å². The Morgan fingerprint density at radius 3 is 2.79 bits per heavy atom. The van der Waals surface area contributed by atoms with Crippen LogP contribution in [0.25, 0.3) is 10.8 Å². The molecular weight excluding hydrogens is 308 g/mol. The Kier molecular flexibility index (Phi) is 4.71. The maximum atomic E-state index is 11.8. The van der Waals surface area contributed by atoms with Crippen LogP contribution in [0.2, 0.25) is 0 Å². The number of aromatic nitrogens is 2. The van der Waals surface area contributed by atoms with Crippen LogP contribution in [0.1, 0.15) is 0 Å². The fourth-order valence-corrected chi connectivity index (χ4v) is 2.08. The highest BCUT2D eigenvalue weighted by Gasteiger charge is 2.05. The molecule has 1 heterocycles. The van der Waals surface area contributed by atoms with Crippen molar-refractivity contribution in [3.8, 4) is 11.6 Å². The Bertz CT molecular complexity index is 854. The summed E-state index contributed by atoms with van der Waals surface area (Å²) in [5, 5.41) is 2.17. The van der Waals surface area contributed by atoms with Crippen molar-refractivity contribution in [3.05, 3.63) is 54.7 Å². The van der Waals surface area contributed by atoms with Gasteiger partial charge in [0, 0.05) is 12.3 Å². The molecule has 1 amide bonds. The number of ether oxygens (including phenoxy) is 2. The van der Waals surface area contributed by atoms with Gasteiger partial charge in [-0.25, -0.2) is 4.98 Å². The van der Waals surface area contributed by atoms with E-state index in [2.05, 4.69) is 20.8 Å². The van der Waals surface area contributed by atoms with Crippen molar-refractivity contribution < 1.29 is 14.3 Å². The molecule has 0 spiro atoms. The quantitative estimate of drug-likeness (QED) is 0.676. The molecule has 2 N–H and O–H groups in total. The maximum Gasteiger partial charge on any atom is 0.276 e. The van der Waals surface area contributed by atoms with Crippen molar-refractivity contribution in [3.63, 3.8) is 0 Å². The van der Waals surface area contributed by atoms with Crippen LogP contribution in [0, 0.1) is 0 Å². The molecule has 0 saturated heterocycles. The largest absolute Gasteiger partial charge is 0.484 e. The van der Waals surface area contributed by atoms with Gasteiger partial charge in [-0.2, -0.15) is 4.98 Å². The smallest absolute Gasteiger partial charge is 0.276 e. The van der Waals surface area contributed by atoms with Gasteiger partial charge in [-0.1, -0.05) is 30.3 Å². The minimum Gasteiger partial charge on any atom is -0.484 e. The minimum absolute atomic E-state index is 0.130. The molecule has 0 aliphatic carbocycles. The molecule has 122 valence electrons. The third kappa shape index (κ3) is 3.89. The lowest BCUT2D eigenvalue weighted by Crippen LogP contribution is -2.34. The van der Waals surface area contributed by atoms with Crippen LogP contribution in [-0.4, -0.2) is 29.6 Å². The number of methoxy groups -OCH3 is 1. The minimum atomic E-state index is -0.352. The van der Waals surface area contributed by atoms with Crippen LogP contribution in [-0.2, 0) is 4.79 Å². The first kappa shape index (κ1) is 15.5. The molecule has 3 rings (SSSR count). The number of fused-ring (bicyclic) bond motifs is 1. The average molecular weight is 324 g/mol. The molecule has 0 saturated carbocycles. The lowest BCUT2D eigenvalue weighted by atomic mass is 10.1. The number of hydrogen-bond acceptors (Lipinski definition) is 6. The van der Waals surface area contributed by atoms with Crippen LogP contribution < -0.4 is 20.3 Å². The van der Waals surface area contributed by atoms with Crippen molar-refractivity contribution in [1.82, 2.24) is 15.4 Å². The normalized spacial score (nSPS) is 10.2. The fraction of sp³-hybridized carbons (Fsp3) is 0.118. The van der Waals surface area contributed by atoms with Crippen molar-refractivity contribution in [2.45, 2.75) is 0 Å². The van der Waals surface area contributed by atoms with E-state index in [9.17, 15) is 4.79 Å². The van der Waals surface area contributed by atoms with Gasteiger partial charge in [0.25, 0.3) is 5.91 Å². The van der Waals surface area contributed by atoms with Crippen molar-refractivity contribution in [2.24, 2.45) is 0 Å². The second kappa shape index (κ2) is 7.28. The third-order valence-electron chi connectivity index (χ3n) is 3.24. The van der Waals surface area contributed by atoms with E-state index in [1.807, 2.05) is 42.5 Å². The summed E-state index contributed by atoms with van der Waals surface area (Å²) in [4.78, 5) is 19.8. The molecule has 7 nitrogen and oxygen atoms in total. The van der Waals surface area contributed by atoms with Crippen molar-refractivity contribution in [2.75, 3.05) is 19.1 Å². The summed E-state index contributed by atoms with van der Waals surface area (Å²) in [6, 6.07) is 15.2. The van der Waals surface area contributed by atoms with E-state index >= 15 is 0 Å². The zero-order valence-electron chi connectivity index (χ0n) is 13.0. The van der Waals surface area contributed by atoms with E-state index in [-0.39, 0.29) is 18.5 Å². The number of rotatable bonds is 6.